The van der Waals surface area contributed by atoms with E-state index in [0.717, 1.165) is 11.3 Å². The maximum Gasteiger partial charge on any atom is 0.339 e. The van der Waals surface area contributed by atoms with E-state index in [-0.39, 0.29) is 17.6 Å². The zero-order chi connectivity index (χ0) is 24.1. The van der Waals surface area contributed by atoms with Crippen LogP contribution in [0.1, 0.15) is 39.6 Å². The number of ether oxygens (including phenoxy) is 1. The van der Waals surface area contributed by atoms with Gasteiger partial charge in [-0.25, -0.2) is 13.2 Å². The third kappa shape index (κ3) is 3.85. The van der Waals surface area contributed by atoms with Gasteiger partial charge in [0.2, 0.25) is 10.0 Å². The molecule has 10 heteroatoms. The number of carbonyl (C=O) groups excluding carboxylic acids is 2. The average Bonchev–Trinajstić information content (AvgIpc) is 3.40. The summed E-state index contributed by atoms with van der Waals surface area (Å²) >= 11 is 6.54. The van der Waals surface area contributed by atoms with E-state index in [1.165, 1.54) is 4.31 Å². The Morgan fingerprint density at radius 3 is 2.53 bits per heavy atom. The van der Waals surface area contributed by atoms with Crippen LogP contribution in [0.25, 0.3) is 0 Å². The Bertz CT molecular complexity index is 1260. The molecule has 0 N–H and O–H groups in total. The Labute approximate surface area is 204 Å². The molecule has 2 fully saturated rings. The quantitative estimate of drug-likeness (QED) is 0.596. The molecule has 3 heterocycles. The normalized spacial score (nSPS) is 22.8. The lowest BCUT2D eigenvalue weighted by molar-refractivity contribution is -0.00306. The standard InChI is InChI=1S/C24H26ClN3O5S/c1-2-34(31,32)28-13-11-26(12-14-28)17-7-8-19(21(25)15-17)22(29)27-10-9-24(16-27)20-6-4-3-5-18(20)23(30)33-24/h3-8,15H,2,9-14,16H2,1H3/t24-/m0/s1. The second kappa shape index (κ2) is 8.55. The molecule has 1 atom stereocenters. The topological polar surface area (TPSA) is 87.2 Å². The summed E-state index contributed by atoms with van der Waals surface area (Å²) in [7, 11) is -3.20. The number of halogens is 1. The first-order valence-corrected chi connectivity index (χ1v) is 13.4. The number of esters is 1. The number of sulfonamides is 1. The third-order valence-electron chi connectivity index (χ3n) is 6.99. The van der Waals surface area contributed by atoms with E-state index in [4.69, 9.17) is 16.3 Å². The van der Waals surface area contributed by atoms with Crippen LogP contribution in [0, 0.1) is 0 Å². The van der Waals surface area contributed by atoms with Gasteiger partial charge in [0.15, 0.2) is 5.60 Å². The molecule has 2 saturated heterocycles. The first-order valence-electron chi connectivity index (χ1n) is 11.4. The van der Waals surface area contributed by atoms with Gasteiger partial charge in [0.1, 0.15) is 0 Å². The van der Waals surface area contributed by atoms with Crippen molar-refractivity contribution in [1.29, 1.82) is 0 Å². The fourth-order valence-corrected chi connectivity index (χ4v) is 6.40. The van der Waals surface area contributed by atoms with Crippen LogP contribution in [0.2, 0.25) is 5.02 Å². The van der Waals surface area contributed by atoms with Crippen LogP contribution in [-0.4, -0.2) is 74.5 Å². The number of rotatable bonds is 4. The van der Waals surface area contributed by atoms with E-state index < -0.39 is 15.6 Å². The van der Waals surface area contributed by atoms with E-state index in [9.17, 15) is 18.0 Å². The fourth-order valence-electron chi connectivity index (χ4n) is 5.06. The monoisotopic (exact) mass is 503 g/mol. The molecule has 0 radical (unpaired) electrons. The van der Waals surface area contributed by atoms with Gasteiger partial charge >= 0.3 is 5.97 Å². The molecule has 0 bridgehead atoms. The highest BCUT2D eigenvalue weighted by Gasteiger charge is 2.51. The molecule has 5 rings (SSSR count). The van der Waals surface area contributed by atoms with Crippen LogP contribution < -0.4 is 4.90 Å². The predicted octanol–water partition coefficient (Wildman–Crippen LogP) is 2.72. The van der Waals surface area contributed by atoms with E-state index >= 15 is 0 Å². The lowest BCUT2D eigenvalue weighted by Crippen LogP contribution is -2.49. The fraction of sp³-hybridized carbons (Fsp3) is 0.417. The molecule has 0 aromatic heterocycles. The maximum absolute atomic E-state index is 13.3. The molecule has 8 nitrogen and oxygen atoms in total. The summed E-state index contributed by atoms with van der Waals surface area (Å²) in [5.41, 5.74) is 1.85. The molecular formula is C24H26ClN3O5S. The Kier molecular flexibility index (Phi) is 5.82. The molecule has 180 valence electrons. The lowest BCUT2D eigenvalue weighted by Gasteiger charge is -2.35. The highest BCUT2D eigenvalue weighted by atomic mass is 35.5. The molecule has 0 aliphatic carbocycles. The average molecular weight is 504 g/mol. The summed E-state index contributed by atoms with van der Waals surface area (Å²) in [4.78, 5) is 29.4. The highest BCUT2D eigenvalue weighted by molar-refractivity contribution is 7.89. The molecule has 2 aromatic carbocycles. The van der Waals surface area contributed by atoms with Crippen molar-refractivity contribution in [2.24, 2.45) is 0 Å². The number of benzene rings is 2. The minimum atomic E-state index is -3.20. The van der Waals surface area contributed by atoms with E-state index in [1.54, 1.807) is 36.1 Å². The van der Waals surface area contributed by atoms with Gasteiger partial charge in [0.25, 0.3) is 5.91 Å². The number of piperazine rings is 1. The second-order valence-corrected chi connectivity index (χ2v) is 11.5. The summed E-state index contributed by atoms with van der Waals surface area (Å²) < 4.78 is 31.4. The third-order valence-corrected chi connectivity index (χ3v) is 9.18. The van der Waals surface area contributed by atoms with Gasteiger partial charge in [-0.3, -0.25) is 4.79 Å². The molecule has 1 spiro atoms. The smallest absolute Gasteiger partial charge is 0.339 e. The number of fused-ring (bicyclic) bond motifs is 2. The maximum atomic E-state index is 13.3. The summed E-state index contributed by atoms with van der Waals surface area (Å²) in [6.45, 7) is 4.36. The first kappa shape index (κ1) is 23.1. The van der Waals surface area contributed by atoms with Crippen molar-refractivity contribution >= 4 is 39.2 Å². The van der Waals surface area contributed by atoms with Crippen molar-refractivity contribution < 1.29 is 22.7 Å². The molecule has 0 unspecified atom stereocenters. The van der Waals surface area contributed by atoms with Gasteiger partial charge in [-0.1, -0.05) is 29.8 Å². The molecule has 34 heavy (non-hydrogen) atoms. The number of nitrogens with zero attached hydrogens (tertiary/aromatic N) is 3. The van der Waals surface area contributed by atoms with Crippen molar-refractivity contribution in [3.63, 3.8) is 0 Å². The van der Waals surface area contributed by atoms with Crippen molar-refractivity contribution in [2.75, 3.05) is 49.9 Å². The molecule has 2 aromatic rings. The number of carbonyl (C=O) groups is 2. The van der Waals surface area contributed by atoms with Gasteiger partial charge in [-0.05, 0) is 31.2 Å². The first-order chi connectivity index (χ1) is 16.2. The zero-order valence-corrected chi connectivity index (χ0v) is 20.4. The van der Waals surface area contributed by atoms with E-state index in [1.807, 2.05) is 18.2 Å². The lowest BCUT2D eigenvalue weighted by atomic mass is 9.91. The number of anilines is 1. The Balaban J connectivity index is 1.29. The molecule has 3 aliphatic heterocycles. The minimum absolute atomic E-state index is 0.0954. The van der Waals surface area contributed by atoms with Gasteiger partial charge in [0.05, 0.1) is 28.4 Å². The van der Waals surface area contributed by atoms with Gasteiger partial charge in [-0.15, -0.1) is 0 Å². The van der Waals surface area contributed by atoms with E-state index in [2.05, 4.69) is 4.90 Å². The highest BCUT2D eigenvalue weighted by Crippen LogP contribution is 2.43. The number of hydrogen-bond donors (Lipinski definition) is 0. The summed E-state index contributed by atoms with van der Waals surface area (Å²) in [6, 6.07) is 12.6. The van der Waals surface area contributed by atoms with Crippen LogP contribution in [0.3, 0.4) is 0 Å². The number of amides is 1. The molecular weight excluding hydrogens is 478 g/mol. The summed E-state index contributed by atoms with van der Waals surface area (Å²) in [5, 5.41) is 0.343. The van der Waals surface area contributed by atoms with Crippen LogP contribution in [-0.2, 0) is 20.4 Å². The number of hydrogen-bond acceptors (Lipinski definition) is 6. The molecule has 0 saturated carbocycles. The number of likely N-dealkylation sites (tertiary alicyclic amines) is 1. The van der Waals surface area contributed by atoms with Crippen molar-refractivity contribution in [2.45, 2.75) is 18.9 Å². The summed E-state index contributed by atoms with van der Waals surface area (Å²) in [6.07, 6.45) is 0.544. The largest absolute Gasteiger partial charge is 0.449 e. The van der Waals surface area contributed by atoms with Crippen molar-refractivity contribution in [1.82, 2.24) is 9.21 Å². The second-order valence-electron chi connectivity index (χ2n) is 8.86. The van der Waals surface area contributed by atoms with Gasteiger partial charge < -0.3 is 14.5 Å². The molecule has 3 aliphatic rings. The Morgan fingerprint density at radius 2 is 1.82 bits per heavy atom. The van der Waals surface area contributed by atoms with Crippen molar-refractivity contribution in [3.8, 4) is 0 Å². The van der Waals surface area contributed by atoms with E-state index in [0.29, 0.717) is 61.8 Å². The predicted molar refractivity (Wildman–Crippen MR) is 129 cm³/mol. The summed E-state index contributed by atoms with van der Waals surface area (Å²) in [5.74, 6) is -0.454. The van der Waals surface area contributed by atoms with Crippen molar-refractivity contribution in [3.05, 3.63) is 64.2 Å². The zero-order valence-electron chi connectivity index (χ0n) is 18.9. The van der Waals surface area contributed by atoms with Crippen LogP contribution in [0.4, 0.5) is 5.69 Å². The SMILES string of the molecule is CCS(=O)(=O)N1CCN(c2ccc(C(=O)N3CC[C@@]4(C3)OC(=O)c3ccccc34)c(Cl)c2)CC1. The van der Waals surface area contributed by atoms with Crippen LogP contribution >= 0.6 is 11.6 Å². The Morgan fingerprint density at radius 1 is 1.09 bits per heavy atom. The van der Waals surface area contributed by atoms with Crippen LogP contribution in [0.5, 0.6) is 0 Å². The van der Waals surface area contributed by atoms with Gasteiger partial charge in [0, 0.05) is 50.4 Å². The van der Waals surface area contributed by atoms with Gasteiger partial charge in [-0.2, -0.15) is 4.31 Å². The van der Waals surface area contributed by atoms with Crippen LogP contribution in [0.15, 0.2) is 42.5 Å². The minimum Gasteiger partial charge on any atom is -0.449 e. The molecule has 1 amide bonds. The Hall–Kier alpha value is -2.62.